The molecule has 0 saturated carbocycles. The molecule has 0 spiro atoms. The van der Waals surface area contributed by atoms with Crippen LogP contribution in [0.2, 0.25) is 0 Å². The van der Waals surface area contributed by atoms with Crippen LogP contribution in [0.25, 0.3) is 17.0 Å². The number of fused-ring (bicyclic) bond motifs is 3. The average Bonchev–Trinajstić information content (AvgIpc) is 3.15. The molecule has 29 heavy (non-hydrogen) atoms. The Hall–Kier alpha value is -2.54. The van der Waals surface area contributed by atoms with Crippen molar-refractivity contribution in [1.29, 1.82) is 0 Å². The number of nitrogens with one attached hydrogen (secondary N) is 3. The van der Waals surface area contributed by atoms with Gasteiger partial charge in [0.1, 0.15) is 0 Å². The molecule has 0 radical (unpaired) electrons. The summed E-state index contributed by atoms with van der Waals surface area (Å²) in [7, 11) is 0. The first-order valence-corrected chi connectivity index (χ1v) is 11.0. The fraction of sp³-hybridized carbons (Fsp3) is 0.261. The molecule has 4 N–H and O–H groups in total. The molecule has 0 aliphatic carbocycles. The van der Waals surface area contributed by atoms with Gasteiger partial charge in [0.25, 0.3) is 5.91 Å². The van der Waals surface area contributed by atoms with E-state index in [1.807, 2.05) is 36.0 Å². The van der Waals surface area contributed by atoms with E-state index in [1.165, 1.54) is 45.1 Å². The maximum atomic E-state index is 11.0. The van der Waals surface area contributed by atoms with Gasteiger partial charge in [-0.3, -0.25) is 10.0 Å². The van der Waals surface area contributed by atoms with Gasteiger partial charge >= 0.3 is 0 Å². The summed E-state index contributed by atoms with van der Waals surface area (Å²) in [6.07, 6.45) is 5.13. The number of hydroxylamine groups is 1. The number of hydrogen-bond donors (Lipinski definition) is 4. The van der Waals surface area contributed by atoms with Gasteiger partial charge in [0.15, 0.2) is 0 Å². The van der Waals surface area contributed by atoms with Crippen LogP contribution in [0.3, 0.4) is 0 Å². The van der Waals surface area contributed by atoms with Gasteiger partial charge in [0, 0.05) is 35.0 Å². The molecule has 4 rings (SSSR count). The van der Waals surface area contributed by atoms with Crippen molar-refractivity contribution in [3.05, 3.63) is 76.5 Å². The molecule has 1 aromatic heterocycles. The molecular weight excluding hydrogens is 382 g/mol. The third-order valence-electron chi connectivity index (χ3n) is 5.26. The van der Waals surface area contributed by atoms with Gasteiger partial charge in [-0.15, -0.1) is 0 Å². The van der Waals surface area contributed by atoms with E-state index in [2.05, 4.69) is 28.5 Å². The van der Waals surface area contributed by atoms with E-state index in [9.17, 15) is 4.79 Å². The molecular formula is C23H25N3O2S. The predicted molar refractivity (Wildman–Crippen MR) is 119 cm³/mol. The Labute approximate surface area is 174 Å². The molecule has 0 unspecified atom stereocenters. The first-order chi connectivity index (χ1) is 14.2. The zero-order valence-corrected chi connectivity index (χ0v) is 17.0. The smallest absolute Gasteiger partial charge is 0.267 e. The van der Waals surface area contributed by atoms with Crippen LogP contribution in [0.1, 0.15) is 27.9 Å². The minimum absolute atomic E-state index is 0.534. The SMILES string of the molecule is O=C(/C=C/c1ccc(CNCCc2cccc3[nH]c4c(c23)CCSC4)cc1)NO. The van der Waals surface area contributed by atoms with Gasteiger partial charge in [-0.2, -0.15) is 11.8 Å². The highest BCUT2D eigenvalue weighted by molar-refractivity contribution is 7.98. The largest absolute Gasteiger partial charge is 0.357 e. The molecule has 2 aromatic carbocycles. The van der Waals surface area contributed by atoms with E-state index in [0.29, 0.717) is 0 Å². The second kappa shape index (κ2) is 9.31. The summed E-state index contributed by atoms with van der Waals surface area (Å²) < 4.78 is 0. The van der Waals surface area contributed by atoms with Crippen LogP contribution in [0.15, 0.2) is 48.5 Å². The van der Waals surface area contributed by atoms with Crippen molar-refractivity contribution in [2.75, 3.05) is 12.3 Å². The summed E-state index contributed by atoms with van der Waals surface area (Å²) in [6, 6.07) is 14.6. The number of hydrogen-bond acceptors (Lipinski definition) is 4. The van der Waals surface area contributed by atoms with E-state index < -0.39 is 5.91 Å². The highest BCUT2D eigenvalue weighted by atomic mass is 32.2. The first kappa shape index (κ1) is 19.8. The average molecular weight is 408 g/mol. The van der Waals surface area contributed by atoms with Crippen molar-refractivity contribution < 1.29 is 10.0 Å². The fourth-order valence-electron chi connectivity index (χ4n) is 3.82. The number of aromatic nitrogens is 1. The molecule has 0 bridgehead atoms. The van der Waals surface area contributed by atoms with E-state index in [0.717, 1.165) is 37.2 Å². The summed E-state index contributed by atoms with van der Waals surface area (Å²) >= 11 is 2.01. The van der Waals surface area contributed by atoms with E-state index in [1.54, 1.807) is 11.6 Å². The molecule has 0 fully saturated rings. The van der Waals surface area contributed by atoms with Crippen molar-refractivity contribution in [3.8, 4) is 0 Å². The van der Waals surface area contributed by atoms with Crippen molar-refractivity contribution in [2.45, 2.75) is 25.1 Å². The summed E-state index contributed by atoms with van der Waals surface area (Å²) in [5, 5.41) is 13.5. The Morgan fingerprint density at radius 1 is 1.21 bits per heavy atom. The van der Waals surface area contributed by atoms with Crippen LogP contribution in [0, 0.1) is 0 Å². The van der Waals surface area contributed by atoms with Crippen LogP contribution in [0.5, 0.6) is 0 Å². The normalized spacial score (nSPS) is 13.7. The van der Waals surface area contributed by atoms with Crippen LogP contribution in [0.4, 0.5) is 0 Å². The molecule has 150 valence electrons. The van der Waals surface area contributed by atoms with E-state index in [-0.39, 0.29) is 0 Å². The second-order valence-corrected chi connectivity index (χ2v) is 8.31. The highest BCUT2D eigenvalue weighted by Gasteiger charge is 2.17. The van der Waals surface area contributed by atoms with Crippen LogP contribution in [-0.4, -0.2) is 28.4 Å². The Morgan fingerprint density at radius 3 is 2.90 bits per heavy atom. The molecule has 6 heteroatoms. The minimum atomic E-state index is -0.534. The van der Waals surface area contributed by atoms with Crippen LogP contribution in [-0.2, 0) is 29.9 Å². The Bertz CT molecular complexity index is 1020. The lowest BCUT2D eigenvalue weighted by Crippen LogP contribution is -2.17. The van der Waals surface area contributed by atoms with Crippen molar-refractivity contribution in [2.24, 2.45) is 0 Å². The minimum Gasteiger partial charge on any atom is -0.357 e. The third-order valence-corrected chi connectivity index (χ3v) is 6.25. The monoisotopic (exact) mass is 407 g/mol. The molecule has 5 nitrogen and oxygen atoms in total. The van der Waals surface area contributed by atoms with Gasteiger partial charge in [0.05, 0.1) is 0 Å². The lowest BCUT2D eigenvalue weighted by atomic mass is 10.0. The number of thioether (sulfide) groups is 1. The van der Waals surface area contributed by atoms with E-state index in [4.69, 9.17) is 5.21 Å². The zero-order chi connectivity index (χ0) is 20.1. The summed E-state index contributed by atoms with van der Waals surface area (Å²) in [5.74, 6) is 1.77. The predicted octanol–water partition coefficient (Wildman–Crippen LogP) is 3.81. The molecule has 1 amide bonds. The quantitative estimate of drug-likeness (QED) is 0.208. The number of aromatic amines is 1. The topological polar surface area (TPSA) is 77.2 Å². The lowest BCUT2D eigenvalue weighted by Gasteiger charge is -2.12. The summed E-state index contributed by atoms with van der Waals surface area (Å²) in [5.41, 5.74) is 9.31. The molecule has 1 aliphatic heterocycles. The number of benzene rings is 2. The zero-order valence-electron chi connectivity index (χ0n) is 16.2. The number of amides is 1. The number of H-pyrrole nitrogens is 1. The molecule has 3 aromatic rings. The Balaban J connectivity index is 1.34. The summed E-state index contributed by atoms with van der Waals surface area (Å²) in [4.78, 5) is 14.6. The van der Waals surface area contributed by atoms with Gasteiger partial charge in [-0.1, -0.05) is 36.4 Å². The van der Waals surface area contributed by atoms with Gasteiger partial charge in [-0.05, 0) is 59.5 Å². The van der Waals surface area contributed by atoms with Crippen LogP contribution < -0.4 is 10.8 Å². The first-order valence-electron chi connectivity index (χ1n) is 9.85. The number of rotatable bonds is 7. The second-order valence-electron chi connectivity index (χ2n) is 7.20. The maximum absolute atomic E-state index is 11.0. The number of carbonyl (C=O) groups is 1. The Kier molecular flexibility index (Phi) is 6.34. The van der Waals surface area contributed by atoms with Crippen molar-refractivity contribution in [1.82, 2.24) is 15.8 Å². The third kappa shape index (κ3) is 4.72. The van der Waals surface area contributed by atoms with Crippen molar-refractivity contribution >= 4 is 34.6 Å². The standard InChI is InChI=1S/C23H25N3O2S/c27-22(26-28)9-8-16-4-6-17(7-5-16)14-24-12-10-18-2-1-3-20-23(18)19-11-13-29-15-21(19)25-20/h1-9,24-25,28H,10-15H2,(H,26,27)/b9-8+. The molecule has 2 heterocycles. The van der Waals surface area contributed by atoms with Gasteiger partial charge in [-0.25, -0.2) is 5.48 Å². The highest BCUT2D eigenvalue weighted by Crippen LogP contribution is 2.33. The molecule has 1 aliphatic rings. The van der Waals surface area contributed by atoms with Crippen molar-refractivity contribution in [3.63, 3.8) is 0 Å². The lowest BCUT2D eigenvalue weighted by molar-refractivity contribution is -0.124. The fourth-order valence-corrected chi connectivity index (χ4v) is 4.76. The number of carbonyl (C=O) groups excluding carboxylic acids is 1. The molecule has 0 atom stereocenters. The van der Waals surface area contributed by atoms with Gasteiger partial charge < -0.3 is 10.3 Å². The molecule has 0 saturated heterocycles. The van der Waals surface area contributed by atoms with Crippen LogP contribution >= 0.6 is 11.8 Å². The summed E-state index contributed by atoms with van der Waals surface area (Å²) in [6.45, 7) is 1.73. The Morgan fingerprint density at radius 2 is 2.07 bits per heavy atom. The maximum Gasteiger partial charge on any atom is 0.267 e. The van der Waals surface area contributed by atoms with E-state index >= 15 is 0 Å². The van der Waals surface area contributed by atoms with Gasteiger partial charge in [0.2, 0.25) is 0 Å². The number of aryl methyl sites for hydroxylation is 1.